The summed E-state index contributed by atoms with van der Waals surface area (Å²) in [6, 6.07) is 5.92. The Hall–Kier alpha value is -1.71. The highest BCUT2D eigenvalue weighted by Crippen LogP contribution is 2.38. The number of anilines is 1. The van der Waals surface area contributed by atoms with E-state index in [0.717, 1.165) is 23.6 Å². The van der Waals surface area contributed by atoms with E-state index in [2.05, 4.69) is 18.7 Å². The summed E-state index contributed by atoms with van der Waals surface area (Å²) in [5.41, 5.74) is 1.03. The van der Waals surface area contributed by atoms with Crippen molar-refractivity contribution in [1.82, 2.24) is 0 Å². The molecule has 4 nitrogen and oxygen atoms in total. The van der Waals surface area contributed by atoms with E-state index in [4.69, 9.17) is 9.47 Å². The summed E-state index contributed by atoms with van der Waals surface area (Å²) in [5.74, 6) is 1.86. The molecule has 0 saturated carbocycles. The first-order chi connectivity index (χ1) is 9.06. The number of rotatable bonds is 1. The van der Waals surface area contributed by atoms with Gasteiger partial charge in [0.2, 0.25) is 0 Å². The SMILES string of the molecule is CC1(C)CCC(=O)CN1c1ccc2c(c1)OCCO2. The average molecular weight is 261 g/mol. The van der Waals surface area contributed by atoms with Gasteiger partial charge >= 0.3 is 0 Å². The quantitative estimate of drug-likeness (QED) is 0.778. The minimum Gasteiger partial charge on any atom is -0.486 e. The minimum atomic E-state index is -0.00231. The normalized spacial score (nSPS) is 21.4. The van der Waals surface area contributed by atoms with Gasteiger partial charge in [-0.05, 0) is 32.4 Å². The summed E-state index contributed by atoms with van der Waals surface area (Å²) in [6.45, 7) is 6.01. The monoisotopic (exact) mass is 261 g/mol. The van der Waals surface area contributed by atoms with E-state index in [1.54, 1.807) is 0 Å². The van der Waals surface area contributed by atoms with Gasteiger partial charge in [0.05, 0.1) is 6.54 Å². The van der Waals surface area contributed by atoms with Crippen molar-refractivity contribution < 1.29 is 14.3 Å². The molecule has 0 radical (unpaired) electrons. The molecular weight excluding hydrogens is 242 g/mol. The van der Waals surface area contributed by atoms with Crippen LogP contribution in [0, 0.1) is 0 Å². The van der Waals surface area contributed by atoms with Crippen molar-refractivity contribution in [3.8, 4) is 11.5 Å². The van der Waals surface area contributed by atoms with Crippen LogP contribution >= 0.6 is 0 Å². The molecule has 2 aliphatic heterocycles. The Morgan fingerprint density at radius 3 is 2.68 bits per heavy atom. The van der Waals surface area contributed by atoms with Crippen molar-refractivity contribution in [2.75, 3.05) is 24.7 Å². The minimum absolute atomic E-state index is 0.00231. The van der Waals surface area contributed by atoms with E-state index in [9.17, 15) is 4.79 Å². The van der Waals surface area contributed by atoms with Crippen LogP contribution in [0.4, 0.5) is 5.69 Å². The number of fused-ring (bicyclic) bond motifs is 1. The smallest absolute Gasteiger partial charge is 0.163 e. The molecule has 1 saturated heterocycles. The summed E-state index contributed by atoms with van der Waals surface area (Å²) in [6.07, 6.45) is 1.56. The first-order valence-electron chi connectivity index (χ1n) is 6.75. The maximum atomic E-state index is 11.7. The molecule has 19 heavy (non-hydrogen) atoms. The Labute approximate surface area is 113 Å². The molecule has 0 aliphatic carbocycles. The van der Waals surface area contributed by atoms with E-state index < -0.39 is 0 Å². The Bertz CT molecular complexity index is 510. The standard InChI is InChI=1S/C15H19NO3/c1-15(2)6-5-12(17)10-16(15)11-3-4-13-14(9-11)19-8-7-18-13/h3-4,9H,5-8,10H2,1-2H3. The van der Waals surface area contributed by atoms with Crippen molar-refractivity contribution >= 4 is 11.5 Å². The zero-order valence-corrected chi connectivity index (χ0v) is 11.4. The maximum absolute atomic E-state index is 11.7. The van der Waals surface area contributed by atoms with Crippen LogP contribution in [0.5, 0.6) is 11.5 Å². The number of piperidine rings is 1. The van der Waals surface area contributed by atoms with Gasteiger partial charge in [-0.15, -0.1) is 0 Å². The highest BCUT2D eigenvalue weighted by molar-refractivity contribution is 5.85. The van der Waals surface area contributed by atoms with Crippen LogP contribution in [0.1, 0.15) is 26.7 Å². The van der Waals surface area contributed by atoms with Crippen LogP contribution in [0.15, 0.2) is 18.2 Å². The molecule has 1 aromatic carbocycles. The number of ketones is 1. The Morgan fingerprint density at radius 1 is 1.16 bits per heavy atom. The first kappa shape index (κ1) is 12.3. The molecule has 0 aromatic heterocycles. The molecule has 0 N–H and O–H groups in total. The molecule has 0 spiro atoms. The van der Waals surface area contributed by atoms with Gasteiger partial charge in [-0.1, -0.05) is 0 Å². The maximum Gasteiger partial charge on any atom is 0.163 e. The number of hydrogen-bond donors (Lipinski definition) is 0. The fourth-order valence-corrected chi connectivity index (χ4v) is 2.69. The van der Waals surface area contributed by atoms with Crippen LogP contribution < -0.4 is 14.4 Å². The fraction of sp³-hybridized carbons (Fsp3) is 0.533. The average Bonchev–Trinajstić information content (AvgIpc) is 2.41. The number of carbonyl (C=O) groups is 1. The van der Waals surface area contributed by atoms with E-state index in [0.29, 0.717) is 32.0 Å². The molecule has 1 fully saturated rings. The lowest BCUT2D eigenvalue weighted by atomic mass is 9.89. The summed E-state index contributed by atoms with van der Waals surface area (Å²) >= 11 is 0. The Balaban J connectivity index is 1.94. The van der Waals surface area contributed by atoms with Gasteiger partial charge < -0.3 is 14.4 Å². The summed E-state index contributed by atoms with van der Waals surface area (Å²) < 4.78 is 11.1. The Kier molecular flexibility index (Phi) is 2.88. The number of hydrogen-bond acceptors (Lipinski definition) is 4. The topological polar surface area (TPSA) is 38.8 Å². The van der Waals surface area contributed by atoms with Crippen molar-refractivity contribution in [1.29, 1.82) is 0 Å². The number of benzene rings is 1. The predicted octanol–water partition coefficient (Wildman–Crippen LogP) is 2.41. The summed E-state index contributed by atoms with van der Waals surface area (Å²) in [5, 5.41) is 0. The largest absolute Gasteiger partial charge is 0.486 e. The second-order valence-corrected chi connectivity index (χ2v) is 5.77. The third kappa shape index (κ3) is 2.27. The lowest BCUT2D eigenvalue weighted by Gasteiger charge is -2.43. The highest BCUT2D eigenvalue weighted by atomic mass is 16.6. The van der Waals surface area contributed by atoms with Crippen LogP contribution in [0.2, 0.25) is 0 Å². The molecule has 0 bridgehead atoms. The number of carbonyl (C=O) groups excluding carboxylic acids is 1. The molecule has 1 aromatic rings. The first-order valence-corrected chi connectivity index (χ1v) is 6.75. The Morgan fingerprint density at radius 2 is 1.89 bits per heavy atom. The van der Waals surface area contributed by atoms with Gasteiger partial charge in [-0.2, -0.15) is 0 Å². The third-order valence-electron chi connectivity index (χ3n) is 3.92. The molecule has 0 unspecified atom stereocenters. The zero-order chi connectivity index (χ0) is 13.5. The number of nitrogens with zero attached hydrogens (tertiary/aromatic N) is 1. The second kappa shape index (κ2) is 4.44. The van der Waals surface area contributed by atoms with Gasteiger partial charge in [-0.25, -0.2) is 0 Å². The van der Waals surface area contributed by atoms with Crippen molar-refractivity contribution in [2.45, 2.75) is 32.2 Å². The van der Waals surface area contributed by atoms with E-state index in [1.165, 1.54) is 0 Å². The molecule has 2 aliphatic rings. The van der Waals surface area contributed by atoms with Crippen LogP contribution in [-0.4, -0.2) is 31.1 Å². The molecule has 0 atom stereocenters. The number of Topliss-reactive ketones (excluding diaryl/α,β-unsaturated/α-hetero) is 1. The molecule has 2 heterocycles. The van der Waals surface area contributed by atoms with Crippen molar-refractivity contribution in [3.63, 3.8) is 0 Å². The second-order valence-electron chi connectivity index (χ2n) is 5.77. The van der Waals surface area contributed by atoms with Gasteiger partial charge in [-0.3, -0.25) is 4.79 Å². The van der Waals surface area contributed by atoms with Crippen LogP contribution in [-0.2, 0) is 4.79 Å². The van der Waals surface area contributed by atoms with Crippen LogP contribution in [0.25, 0.3) is 0 Å². The van der Waals surface area contributed by atoms with Crippen molar-refractivity contribution in [2.24, 2.45) is 0 Å². The van der Waals surface area contributed by atoms with Crippen LogP contribution in [0.3, 0.4) is 0 Å². The predicted molar refractivity (Wildman–Crippen MR) is 73.1 cm³/mol. The zero-order valence-electron chi connectivity index (χ0n) is 11.4. The molecule has 4 heteroatoms. The van der Waals surface area contributed by atoms with Gasteiger partial charge in [0.1, 0.15) is 13.2 Å². The number of ether oxygens (including phenoxy) is 2. The van der Waals surface area contributed by atoms with Gasteiger partial charge in [0.15, 0.2) is 17.3 Å². The fourth-order valence-electron chi connectivity index (χ4n) is 2.69. The molecular formula is C15H19NO3. The molecule has 102 valence electrons. The van der Waals surface area contributed by atoms with E-state index >= 15 is 0 Å². The summed E-state index contributed by atoms with van der Waals surface area (Å²) in [7, 11) is 0. The lowest BCUT2D eigenvalue weighted by Crippen LogP contribution is -2.51. The highest BCUT2D eigenvalue weighted by Gasteiger charge is 2.33. The van der Waals surface area contributed by atoms with Gasteiger partial charge in [0.25, 0.3) is 0 Å². The third-order valence-corrected chi connectivity index (χ3v) is 3.92. The van der Waals surface area contributed by atoms with E-state index in [1.807, 2.05) is 18.2 Å². The van der Waals surface area contributed by atoms with E-state index in [-0.39, 0.29) is 5.54 Å². The van der Waals surface area contributed by atoms with Crippen molar-refractivity contribution in [3.05, 3.63) is 18.2 Å². The molecule has 0 amide bonds. The molecule has 3 rings (SSSR count). The van der Waals surface area contributed by atoms with Gasteiger partial charge in [0, 0.05) is 23.7 Å². The summed E-state index contributed by atoms with van der Waals surface area (Å²) in [4.78, 5) is 13.9. The lowest BCUT2D eigenvalue weighted by molar-refractivity contribution is -0.119.